The van der Waals surface area contributed by atoms with Gasteiger partial charge in [-0.15, -0.1) is 0 Å². The van der Waals surface area contributed by atoms with Crippen molar-refractivity contribution in [3.05, 3.63) is 59.2 Å². The van der Waals surface area contributed by atoms with Gasteiger partial charge in [0.2, 0.25) is 0 Å². The smallest absolute Gasteiger partial charge is 0.262 e. The van der Waals surface area contributed by atoms with Crippen LogP contribution in [0.15, 0.2) is 47.4 Å². The molecule has 0 aliphatic carbocycles. The van der Waals surface area contributed by atoms with Crippen LogP contribution < -0.4 is 10.0 Å². The van der Waals surface area contributed by atoms with E-state index >= 15 is 0 Å². The van der Waals surface area contributed by atoms with Crippen molar-refractivity contribution in [2.24, 2.45) is 0 Å². The van der Waals surface area contributed by atoms with E-state index in [9.17, 15) is 8.42 Å². The van der Waals surface area contributed by atoms with Crippen molar-refractivity contribution >= 4 is 15.7 Å². The molecule has 0 heterocycles. The fourth-order valence-electron chi connectivity index (χ4n) is 2.17. The van der Waals surface area contributed by atoms with Gasteiger partial charge in [0.25, 0.3) is 10.0 Å². The van der Waals surface area contributed by atoms with Crippen LogP contribution in [-0.4, -0.2) is 15.5 Å². The lowest BCUT2D eigenvalue weighted by Gasteiger charge is -2.12. The van der Waals surface area contributed by atoms with Crippen molar-refractivity contribution in [2.45, 2.75) is 25.3 Å². The van der Waals surface area contributed by atoms with Gasteiger partial charge in [0, 0.05) is 12.2 Å². The Morgan fingerprint density at radius 3 is 2.48 bits per heavy atom. The van der Waals surface area contributed by atoms with Gasteiger partial charge in [-0.25, -0.2) is 8.42 Å². The van der Waals surface area contributed by atoms with Gasteiger partial charge in [-0.05, 0) is 55.8 Å². The Labute approximate surface area is 126 Å². The average Bonchev–Trinajstić information content (AvgIpc) is 2.40. The van der Waals surface area contributed by atoms with Crippen LogP contribution in [0.5, 0.6) is 0 Å². The van der Waals surface area contributed by atoms with Crippen LogP contribution in [0.1, 0.15) is 16.7 Å². The van der Waals surface area contributed by atoms with E-state index in [1.165, 1.54) is 0 Å². The molecule has 0 bridgehead atoms. The first-order chi connectivity index (χ1) is 9.92. The van der Waals surface area contributed by atoms with Crippen molar-refractivity contribution in [3.8, 4) is 0 Å². The van der Waals surface area contributed by atoms with Crippen molar-refractivity contribution in [3.63, 3.8) is 0 Å². The Morgan fingerprint density at radius 2 is 1.81 bits per heavy atom. The molecule has 0 aliphatic heterocycles. The molecule has 4 nitrogen and oxygen atoms in total. The summed E-state index contributed by atoms with van der Waals surface area (Å²) in [6.07, 6.45) is 0. The number of nitrogens with one attached hydrogen (secondary N) is 2. The molecule has 0 saturated heterocycles. The third-order valence-electron chi connectivity index (χ3n) is 3.19. The van der Waals surface area contributed by atoms with Crippen molar-refractivity contribution < 1.29 is 8.42 Å². The Hall–Kier alpha value is -1.85. The molecule has 0 unspecified atom stereocenters. The van der Waals surface area contributed by atoms with E-state index in [2.05, 4.69) is 10.0 Å². The predicted octanol–water partition coefficient (Wildman–Crippen LogP) is 2.82. The lowest BCUT2D eigenvalue weighted by molar-refractivity contribution is 0.600. The lowest BCUT2D eigenvalue weighted by atomic mass is 10.1. The van der Waals surface area contributed by atoms with Crippen LogP contribution in [0.3, 0.4) is 0 Å². The fourth-order valence-corrected chi connectivity index (χ4v) is 3.51. The topological polar surface area (TPSA) is 58.2 Å². The van der Waals surface area contributed by atoms with Gasteiger partial charge < -0.3 is 5.32 Å². The van der Waals surface area contributed by atoms with Gasteiger partial charge in [-0.2, -0.15) is 0 Å². The maximum absolute atomic E-state index is 12.6. The number of sulfonamides is 1. The quantitative estimate of drug-likeness (QED) is 0.893. The molecule has 2 rings (SSSR count). The zero-order valence-electron chi connectivity index (χ0n) is 12.5. The molecule has 112 valence electrons. The van der Waals surface area contributed by atoms with E-state index in [0.29, 0.717) is 17.1 Å². The van der Waals surface area contributed by atoms with Gasteiger partial charge in [0.1, 0.15) is 0 Å². The minimum Gasteiger partial charge on any atom is -0.316 e. The summed E-state index contributed by atoms with van der Waals surface area (Å²) in [6, 6.07) is 12.8. The summed E-state index contributed by atoms with van der Waals surface area (Å²) in [5.41, 5.74) is 3.26. The highest BCUT2D eigenvalue weighted by Crippen LogP contribution is 2.21. The van der Waals surface area contributed by atoms with Crippen molar-refractivity contribution in [1.29, 1.82) is 0 Å². The van der Waals surface area contributed by atoms with E-state index in [1.54, 1.807) is 19.1 Å². The Bertz CT molecular complexity index is 740. The van der Waals surface area contributed by atoms with E-state index in [4.69, 9.17) is 0 Å². The molecule has 5 heteroatoms. The lowest BCUT2D eigenvalue weighted by Crippen LogP contribution is -2.15. The summed E-state index contributed by atoms with van der Waals surface area (Å²) < 4.78 is 27.8. The second-order valence-electron chi connectivity index (χ2n) is 5.11. The number of rotatable bonds is 5. The maximum Gasteiger partial charge on any atom is 0.262 e. The highest BCUT2D eigenvalue weighted by molar-refractivity contribution is 7.92. The van der Waals surface area contributed by atoms with Gasteiger partial charge in [-0.1, -0.05) is 24.3 Å². The first-order valence-electron chi connectivity index (χ1n) is 6.76. The van der Waals surface area contributed by atoms with Crippen LogP contribution in [-0.2, 0) is 16.6 Å². The molecule has 0 fully saturated rings. The molecular formula is C16H20N2O2S. The Balaban J connectivity index is 2.37. The number of hydrogen-bond donors (Lipinski definition) is 2. The molecule has 0 saturated carbocycles. The van der Waals surface area contributed by atoms with E-state index in [1.807, 2.05) is 44.3 Å². The van der Waals surface area contributed by atoms with Gasteiger partial charge >= 0.3 is 0 Å². The first kappa shape index (κ1) is 15.5. The molecular weight excluding hydrogens is 284 g/mol. The third-order valence-corrected chi connectivity index (χ3v) is 4.72. The van der Waals surface area contributed by atoms with E-state index in [-0.39, 0.29) is 0 Å². The monoisotopic (exact) mass is 304 g/mol. The normalized spacial score (nSPS) is 11.4. The van der Waals surface area contributed by atoms with Crippen molar-refractivity contribution in [2.75, 3.05) is 11.8 Å². The summed E-state index contributed by atoms with van der Waals surface area (Å²) in [5, 5.41) is 3.02. The largest absolute Gasteiger partial charge is 0.316 e. The second-order valence-corrected chi connectivity index (χ2v) is 6.76. The minimum atomic E-state index is -3.58. The third kappa shape index (κ3) is 3.83. The van der Waals surface area contributed by atoms with Gasteiger partial charge in [0.15, 0.2) is 0 Å². The number of anilines is 1. The molecule has 2 aromatic rings. The second kappa shape index (κ2) is 6.28. The molecule has 0 atom stereocenters. The SMILES string of the molecule is CNCc1ccc(C)c(S(=O)(=O)Nc2cccc(C)c2)c1. The average molecular weight is 304 g/mol. The summed E-state index contributed by atoms with van der Waals surface area (Å²) in [4.78, 5) is 0.316. The highest BCUT2D eigenvalue weighted by Gasteiger charge is 2.17. The molecule has 21 heavy (non-hydrogen) atoms. The summed E-state index contributed by atoms with van der Waals surface area (Å²) in [5.74, 6) is 0. The van der Waals surface area contributed by atoms with Gasteiger partial charge in [0.05, 0.1) is 4.90 Å². The summed E-state index contributed by atoms with van der Waals surface area (Å²) in [7, 11) is -1.75. The van der Waals surface area contributed by atoms with E-state index < -0.39 is 10.0 Å². The summed E-state index contributed by atoms with van der Waals surface area (Å²) >= 11 is 0. The van der Waals surface area contributed by atoms with Crippen LogP contribution in [0.25, 0.3) is 0 Å². The number of benzene rings is 2. The molecule has 0 radical (unpaired) electrons. The summed E-state index contributed by atoms with van der Waals surface area (Å²) in [6.45, 7) is 4.36. The molecule has 0 aliphatic rings. The minimum absolute atomic E-state index is 0.316. The van der Waals surface area contributed by atoms with Crippen LogP contribution in [0, 0.1) is 13.8 Å². The zero-order chi connectivity index (χ0) is 15.5. The highest BCUT2D eigenvalue weighted by atomic mass is 32.2. The standard InChI is InChI=1S/C16H20N2O2S/c1-12-5-4-6-15(9-12)18-21(19,20)16-10-14(11-17-3)8-7-13(16)2/h4-10,17-18H,11H2,1-3H3. The first-order valence-corrected chi connectivity index (χ1v) is 8.24. The van der Waals surface area contributed by atoms with E-state index in [0.717, 1.165) is 16.7 Å². The number of aryl methyl sites for hydroxylation is 2. The molecule has 0 aromatic heterocycles. The van der Waals surface area contributed by atoms with Crippen LogP contribution in [0.2, 0.25) is 0 Å². The van der Waals surface area contributed by atoms with Crippen LogP contribution in [0.4, 0.5) is 5.69 Å². The predicted molar refractivity (Wildman–Crippen MR) is 85.9 cm³/mol. The number of hydrogen-bond acceptors (Lipinski definition) is 3. The molecule has 2 aromatic carbocycles. The van der Waals surface area contributed by atoms with Crippen LogP contribution >= 0.6 is 0 Å². The zero-order valence-corrected chi connectivity index (χ0v) is 13.3. The molecule has 2 N–H and O–H groups in total. The van der Waals surface area contributed by atoms with Crippen molar-refractivity contribution in [1.82, 2.24) is 5.32 Å². The molecule has 0 amide bonds. The molecule has 0 spiro atoms. The fraction of sp³-hybridized carbons (Fsp3) is 0.250. The Kier molecular flexibility index (Phi) is 4.65. The maximum atomic E-state index is 12.6. The Morgan fingerprint density at radius 1 is 1.05 bits per heavy atom. The van der Waals surface area contributed by atoms with Gasteiger partial charge in [-0.3, -0.25) is 4.72 Å².